The van der Waals surface area contributed by atoms with Gasteiger partial charge in [-0.15, -0.1) is 0 Å². The fourth-order valence-corrected chi connectivity index (χ4v) is 4.72. The highest BCUT2D eigenvalue weighted by Crippen LogP contribution is 2.32. The molecule has 1 saturated heterocycles. The Kier molecular flexibility index (Phi) is 6.80. The molecule has 0 radical (unpaired) electrons. The molecule has 1 N–H and O–H groups in total. The van der Waals surface area contributed by atoms with Crippen LogP contribution in [0.1, 0.15) is 33.6 Å². The Morgan fingerprint density at radius 3 is 2.14 bits per heavy atom. The minimum absolute atomic E-state index is 0.0889. The molecule has 1 aliphatic heterocycles. The molecular weight excluding hydrogens is 446 g/mol. The van der Waals surface area contributed by atoms with Gasteiger partial charge in [-0.1, -0.05) is 60.7 Å². The summed E-state index contributed by atoms with van der Waals surface area (Å²) in [6.07, 6.45) is 2.35. The van der Waals surface area contributed by atoms with Gasteiger partial charge in [-0.3, -0.25) is 9.59 Å². The van der Waals surface area contributed by atoms with Crippen LogP contribution in [0.15, 0.2) is 103 Å². The van der Waals surface area contributed by atoms with E-state index in [-0.39, 0.29) is 11.8 Å². The number of hydrogen-bond donors (Lipinski definition) is 1. The van der Waals surface area contributed by atoms with Gasteiger partial charge in [0.2, 0.25) is 0 Å². The molecule has 0 bridgehead atoms. The first-order chi connectivity index (χ1) is 17.6. The van der Waals surface area contributed by atoms with Crippen LogP contribution in [0.3, 0.4) is 0 Å². The van der Waals surface area contributed by atoms with Crippen molar-refractivity contribution >= 4 is 28.9 Å². The van der Waals surface area contributed by atoms with Crippen molar-refractivity contribution in [3.63, 3.8) is 0 Å². The molecule has 1 heterocycles. The van der Waals surface area contributed by atoms with Crippen LogP contribution in [-0.4, -0.2) is 32.0 Å². The van der Waals surface area contributed by atoms with E-state index in [1.54, 1.807) is 29.2 Å². The summed E-state index contributed by atoms with van der Waals surface area (Å²) in [6.45, 7) is 2.03. The molecule has 0 spiro atoms. The molecule has 5 nitrogen and oxygen atoms in total. The average Bonchev–Trinajstić information content (AvgIpc) is 3.48. The number of rotatable bonds is 6. The summed E-state index contributed by atoms with van der Waals surface area (Å²) >= 11 is 0. The lowest BCUT2D eigenvalue weighted by Crippen LogP contribution is -2.29. The Morgan fingerprint density at radius 2 is 1.39 bits per heavy atom. The summed E-state index contributed by atoms with van der Waals surface area (Å²) in [5, 5.41) is 2.97. The number of nitrogens with zero attached hydrogens (tertiary/aromatic N) is 2. The maximum atomic E-state index is 13.3. The molecule has 2 amide bonds. The molecule has 5 heteroatoms. The number of nitrogens with one attached hydrogen (secondary N) is 1. The maximum Gasteiger partial charge on any atom is 0.258 e. The normalized spacial score (nSPS) is 12.9. The highest BCUT2D eigenvalue weighted by molar-refractivity contribution is 6.10. The lowest BCUT2D eigenvalue weighted by molar-refractivity contribution is 0.0991. The number of benzene rings is 4. The van der Waals surface area contributed by atoms with Crippen LogP contribution in [0, 0.1) is 0 Å². The third-order valence-electron chi connectivity index (χ3n) is 6.64. The van der Waals surface area contributed by atoms with E-state index in [4.69, 9.17) is 0 Å². The van der Waals surface area contributed by atoms with Gasteiger partial charge >= 0.3 is 0 Å². The lowest BCUT2D eigenvalue weighted by Gasteiger charge is -2.26. The van der Waals surface area contributed by atoms with Gasteiger partial charge in [0.05, 0.1) is 11.4 Å². The van der Waals surface area contributed by atoms with Crippen molar-refractivity contribution < 1.29 is 9.59 Å². The first-order valence-corrected chi connectivity index (χ1v) is 12.3. The van der Waals surface area contributed by atoms with Crippen molar-refractivity contribution in [1.29, 1.82) is 0 Å². The van der Waals surface area contributed by atoms with E-state index in [0.717, 1.165) is 35.6 Å². The summed E-state index contributed by atoms with van der Waals surface area (Å²) < 4.78 is 0. The Bertz CT molecular complexity index is 1360. The topological polar surface area (TPSA) is 52.7 Å². The van der Waals surface area contributed by atoms with E-state index in [2.05, 4.69) is 16.3 Å². The van der Waals surface area contributed by atoms with Gasteiger partial charge < -0.3 is 15.1 Å². The van der Waals surface area contributed by atoms with E-state index in [9.17, 15) is 9.59 Å². The third kappa shape index (κ3) is 4.86. The first kappa shape index (κ1) is 23.4. The zero-order valence-corrected chi connectivity index (χ0v) is 20.4. The van der Waals surface area contributed by atoms with E-state index in [1.165, 1.54) is 12.8 Å². The second-order valence-electron chi connectivity index (χ2n) is 8.99. The second-order valence-corrected chi connectivity index (χ2v) is 8.99. The summed E-state index contributed by atoms with van der Waals surface area (Å²) in [5.41, 5.74) is 5.66. The number of hydrogen-bond acceptors (Lipinski definition) is 3. The van der Waals surface area contributed by atoms with Gasteiger partial charge in [-0.05, 0) is 66.4 Å². The van der Waals surface area contributed by atoms with Gasteiger partial charge in [-0.25, -0.2) is 0 Å². The molecule has 36 heavy (non-hydrogen) atoms. The smallest absolute Gasteiger partial charge is 0.258 e. The van der Waals surface area contributed by atoms with E-state index >= 15 is 0 Å². The van der Waals surface area contributed by atoms with Gasteiger partial charge in [0, 0.05) is 37.0 Å². The highest BCUT2D eigenvalue weighted by atomic mass is 16.2. The Morgan fingerprint density at radius 1 is 0.750 bits per heavy atom. The van der Waals surface area contributed by atoms with Crippen LogP contribution in [0.4, 0.5) is 17.1 Å². The molecule has 5 rings (SSSR count). The van der Waals surface area contributed by atoms with Gasteiger partial charge in [0.1, 0.15) is 0 Å². The van der Waals surface area contributed by atoms with Crippen molar-refractivity contribution in [3.05, 3.63) is 114 Å². The molecule has 0 unspecified atom stereocenters. The van der Waals surface area contributed by atoms with Gasteiger partial charge in [-0.2, -0.15) is 0 Å². The predicted molar refractivity (Wildman–Crippen MR) is 147 cm³/mol. The standard InChI is InChI=1S/C31H29N3O2/c1-33(28-15-7-8-16-29(28)34-21-9-10-22-34)31(36)24-17-19-25(20-18-24)32-30(35)27-14-6-5-13-26(27)23-11-3-2-4-12-23/h2-8,11-20H,9-10,21-22H2,1H3,(H,32,35). The Balaban J connectivity index is 1.31. The van der Waals surface area contributed by atoms with Crippen molar-refractivity contribution in [1.82, 2.24) is 0 Å². The van der Waals surface area contributed by atoms with Crippen LogP contribution in [0.25, 0.3) is 11.1 Å². The molecule has 1 fully saturated rings. The van der Waals surface area contributed by atoms with Crippen LogP contribution >= 0.6 is 0 Å². The van der Waals surface area contributed by atoms with E-state index in [0.29, 0.717) is 16.8 Å². The predicted octanol–water partition coefficient (Wildman–Crippen LogP) is 6.48. The van der Waals surface area contributed by atoms with Crippen molar-refractivity contribution in [2.24, 2.45) is 0 Å². The van der Waals surface area contributed by atoms with Crippen LogP contribution in [0.2, 0.25) is 0 Å². The molecule has 4 aromatic rings. The quantitative estimate of drug-likeness (QED) is 0.347. The molecular formula is C31H29N3O2. The highest BCUT2D eigenvalue weighted by Gasteiger charge is 2.21. The number of amides is 2. The van der Waals surface area contributed by atoms with Crippen LogP contribution in [0.5, 0.6) is 0 Å². The minimum Gasteiger partial charge on any atom is -0.370 e. The van der Waals surface area contributed by atoms with Crippen molar-refractivity contribution in [2.45, 2.75) is 12.8 Å². The second kappa shape index (κ2) is 10.5. The summed E-state index contributed by atoms with van der Waals surface area (Å²) in [4.78, 5) is 30.4. The molecule has 180 valence electrons. The fourth-order valence-electron chi connectivity index (χ4n) is 4.72. The third-order valence-corrected chi connectivity index (χ3v) is 6.64. The molecule has 0 atom stereocenters. The Hall–Kier alpha value is -4.38. The maximum absolute atomic E-state index is 13.3. The zero-order chi connectivity index (χ0) is 24.9. The van der Waals surface area contributed by atoms with Crippen LogP contribution < -0.4 is 15.1 Å². The monoisotopic (exact) mass is 475 g/mol. The fraction of sp³-hybridized carbons (Fsp3) is 0.161. The summed E-state index contributed by atoms with van der Waals surface area (Å²) in [7, 11) is 1.81. The van der Waals surface area contributed by atoms with Gasteiger partial charge in [0.25, 0.3) is 11.8 Å². The largest absolute Gasteiger partial charge is 0.370 e. The van der Waals surface area contributed by atoms with Gasteiger partial charge in [0.15, 0.2) is 0 Å². The van der Waals surface area contributed by atoms with Crippen molar-refractivity contribution in [2.75, 3.05) is 35.3 Å². The number of carbonyl (C=O) groups is 2. The number of anilines is 3. The molecule has 0 saturated carbocycles. The first-order valence-electron chi connectivity index (χ1n) is 12.3. The van der Waals surface area contributed by atoms with E-state index < -0.39 is 0 Å². The summed E-state index contributed by atoms with van der Waals surface area (Å²) in [5.74, 6) is -0.279. The average molecular weight is 476 g/mol. The number of para-hydroxylation sites is 2. The molecule has 0 aromatic heterocycles. The Labute approximate surface area is 212 Å². The van der Waals surface area contributed by atoms with E-state index in [1.807, 2.05) is 79.8 Å². The van der Waals surface area contributed by atoms with Crippen LogP contribution in [-0.2, 0) is 0 Å². The van der Waals surface area contributed by atoms with Crippen molar-refractivity contribution in [3.8, 4) is 11.1 Å². The SMILES string of the molecule is CN(C(=O)c1ccc(NC(=O)c2ccccc2-c2ccccc2)cc1)c1ccccc1N1CCCC1. The number of carbonyl (C=O) groups excluding carboxylic acids is 2. The molecule has 4 aromatic carbocycles. The minimum atomic E-state index is -0.190. The molecule has 0 aliphatic carbocycles. The lowest BCUT2D eigenvalue weighted by atomic mass is 9.99. The zero-order valence-electron chi connectivity index (χ0n) is 20.4. The molecule has 1 aliphatic rings. The summed E-state index contributed by atoms with van der Waals surface area (Å²) in [6, 6.07) is 32.5.